The average molecular weight is 289 g/mol. The van der Waals surface area contributed by atoms with Gasteiger partial charge in [0.25, 0.3) is 0 Å². The Hall–Kier alpha value is -1.74. The van der Waals surface area contributed by atoms with Gasteiger partial charge in [0.15, 0.2) is 5.15 Å². The number of para-hydroxylation sites is 1. The fourth-order valence-corrected chi connectivity index (χ4v) is 2.83. The summed E-state index contributed by atoms with van der Waals surface area (Å²) >= 11 is 6.22. The van der Waals surface area contributed by atoms with Gasteiger partial charge in [-0.2, -0.15) is 0 Å². The standard InChI is InChI=1S/C16H17ClN2O/c1-10-7-8-18-16(17)15(10)19-14-11(2)9-20-13-6-4-3-5-12(13)14/h3-8,11,14,19H,9H2,1-2H3. The number of nitrogens with one attached hydrogen (secondary N) is 1. The van der Waals surface area contributed by atoms with Crippen LogP contribution >= 0.6 is 11.6 Å². The molecule has 3 nitrogen and oxygen atoms in total. The average Bonchev–Trinajstić information content (AvgIpc) is 2.45. The number of ether oxygens (including phenoxy) is 1. The van der Waals surface area contributed by atoms with Gasteiger partial charge in [-0.3, -0.25) is 0 Å². The Labute approximate surface area is 123 Å². The molecule has 1 N–H and O–H groups in total. The third-order valence-electron chi connectivity index (χ3n) is 3.74. The molecule has 0 saturated heterocycles. The van der Waals surface area contributed by atoms with Crippen molar-refractivity contribution >= 4 is 17.3 Å². The molecule has 2 unspecified atom stereocenters. The van der Waals surface area contributed by atoms with E-state index in [0.717, 1.165) is 17.0 Å². The normalized spacial score (nSPS) is 20.9. The summed E-state index contributed by atoms with van der Waals surface area (Å²) in [6, 6.07) is 10.3. The fourth-order valence-electron chi connectivity index (χ4n) is 2.57. The first-order chi connectivity index (χ1) is 9.66. The fraction of sp³-hybridized carbons (Fsp3) is 0.312. The van der Waals surface area contributed by atoms with Gasteiger partial charge in [0.05, 0.1) is 18.3 Å². The molecule has 0 fully saturated rings. The molecular formula is C16H17ClN2O. The molecule has 2 heterocycles. The second-order valence-electron chi connectivity index (χ2n) is 5.24. The third kappa shape index (κ3) is 2.34. The molecule has 104 valence electrons. The number of fused-ring (bicyclic) bond motifs is 1. The molecule has 1 aromatic carbocycles. The number of hydrogen-bond acceptors (Lipinski definition) is 3. The van der Waals surface area contributed by atoms with Crippen molar-refractivity contribution in [1.82, 2.24) is 4.98 Å². The number of anilines is 1. The summed E-state index contributed by atoms with van der Waals surface area (Å²) in [4.78, 5) is 4.16. The molecular weight excluding hydrogens is 272 g/mol. The van der Waals surface area contributed by atoms with Gasteiger partial charge in [-0.05, 0) is 24.6 Å². The van der Waals surface area contributed by atoms with Crippen LogP contribution in [0.1, 0.15) is 24.1 Å². The third-order valence-corrected chi connectivity index (χ3v) is 4.02. The molecule has 0 amide bonds. The zero-order valence-electron chi connectivity index (χ0n) is 11.6. The lowest BCUT2D eigenvalue weighted by molar-refractivity contribution is 0.214. The van der Waals surface area contributed by atoms with Crippen LogP contribution in [0.3, 0.4) is 0 Å². The summed E-state index contributed by atoms with van der Waals surface area (Å²) in [6.45, 7) is 4.91. The van der Waals surface area contributed by atoms with Crippen LogP contribution in [-0.2, 0) is 0 Å². The highest BCUT2D eigenvalue weighted by Crippen LogP contribution is 2.38. The van der Waals surface area contributed by atoms with Crippen molar-refractivity contribution in [3.63, 3.8) is 0 Å². The molecule has 1 aromatic heterocycles. The molecule has 1 aliphatic rings. The molecule has 20 heavy (non-hydrogen) atoms. The largest absolute Gasteiger partial charge is 0.493 e. The molecule has 1 aliphatic heterocycles. The van der Waals surface area contributed by atoms with Crippen LogP contribution in [0.2, 0.25) is 5.15 Å². The van der Waals surface area contributed by atoms with Gasteiger partial charge in [0, 0.05) is 17.7 Å². The quantitative estimate of drug-likeness (QED) is 0.840. The number of hydrogen-bond donors (Lipinski definition) is 1. The predicted molar refractivity (Wildman–Crippen MR) is 81.4 cm³/mol. The topological polar surface area (TPSA) is 34.2 Å². The van der Waals surface area contributed by atoms with E-state index in [-0.39, 0.29) is 6.04 Å². The van der Waals surface area contributed by atoms with Crippen LogP contribution in [0.15, 0.2) is 36.5 Å². The van der Waals surface area contributed by atoms with Crippen LogP contribution < -0.4 is 10.1 Å². The maximum Gasteiger partial charge on any atom is 0.152 e. The highest BCUT2D eigenvalue weighted by molar-refractivity contribution is 6.32. The van der Waals surface area contributed by atoms with Gasteiger partial charge in [0.2, 0.25) is 0 Å². The first-order valence-electron chi connectivity index (χ1n) is 6.76. The van der Waals surface area contributed by atoms with Gasteiger partial charge >= 0.3 is 0 Å². The molecule has 0 radical (unpaired) electrons. The Balaban J connectivity index is 1.98. The maximum atomic E-state index is 6.22. The van der Waals surface area contributed by atoms with Gasteiger partial charge in [-0.1, -0.05) is 36.7 Å². The minimum absolute atomic E-state index is 0.181. The molecule has 0 spiro atoms. The van der Waals surface area contributed by atoms with Crippen molar-refractivity contribution in [3.05, 3.63) is 52.8 Å². The second kappa shape index (κ2) is 5.33. The first-order valence-corrected chi connectivity index (χ1v) is 7.14. The number of aryl methyl sites for hydroxylation is 1. The van der Waals surface area contributed by atoms with Crippen LogP contribution in [0.4, 0.5) is 5.69 Å². The zero-order valence-corrected chi connectivity index (χ0v) is 12.3. The molecule has 2 atom stereocenters. The number of halogens is 1. The Kier molecular flexibility index (Phi) is 3.53. The van der Waals surface area contributed by atoms with Crippen LogP contribution in [0.5, 0.6) is 5.75 Å². The maximum absolute atomic E-state index is 6.22. The van der Waals surface area contributed by atoms with Crippen molar-refractivity contribution in [2.75, 3.05) is 11.9 Å². The van der Waals surface area contributed by atoms with Gasteiger partial charge in [-0.15, -0.1) is 0 Å². The van der Waals surface area contributed by atoms with E-state index in [4.69, 9.17) is 16.3 Å². The SMILES string of the molecule is Cc1ccnc(Cl)c1NC1c2ccccc2OCC1C. The Morgan fingerprint density at radius 3 is 2.90 bits per heavy atom. The van der Waals surface area contributed by atoms with Crippen molar-refractivity contribution in [3.8, 4) is 5.75 Å². The summed E-state index contributed by atoms with van der Waals surface area (Å²) in [5.74, 6) is 1.31. The van der Waals surface area contributed by atoms with E-state index >= 15 is 0 Å². The molecule has 0 bridgehead atoms. The van der Waals surface area contributed by atoms with E-state index in [1.165, 1.54) is 5.56 Å². The molecule has 0 saturated carbocycles. The molecule has 0 aliphatic carbocycles. The lowest BCUT2D eigenvalue weighted by atomic mass is 9.91. The Morgan fingerprint density at radius 2 is 2.10 bits per heavy atom. The number of rotatable bonds is 2. The monoisotopic (exact) mass is 288 g/mol. The molecule has 3 rings (SSSR count). The lowest BCUT2D eigenvalue weighted by Gasteiger charge is -2.33. The van der Waals surface area contributed by atoms with Crippen molar-refractivity contribution < 1.29 is 4.74 Å². The predicted octanol–water partition coefficient (Wildman–Crippen LogP) is 4.23. The van der Waals surface area contributed by atoms with E-state index in [2.05, 4.69) is 23.3 Å². The van der Waals surface area contributed by atoms with E-state index in [0.29, 0.717) is 17.7 Å². The summed E-state index contributed by atoms with van der Waals surface area (Å²) in [7, 11) is 0. The summed E-state index contributed by atoms with van der Waals surface area (Å²) < 4.78 is 5.78. The number of aromatic nitrogens is 1. The first kappa shape index (κ1) is 13.3. The number of benzene rings is 1. The summed E-state index contributed by atoms with van der Waals surface area (Å²) in [6.07, 6.45) is 1.73. The number of pyridine rings is 1. The molecule has 4 heteroatoms. The van der Waals surface area contributed by atoms with E-state index in [9.17, 15) is 0 Å². The van der Waals surface area contributed by atoms with Crippen LogP contribution in [0.25, 0.3) is 0 Å². The number of nitrogens with zero attached hydrogens (tertiary/aromatic N) is 1. The molecule has 2 aromatic rings. The van der Waals surface area contributed by atoms with Gasteiger partial charge in [-0.25, -0.2) is 4.98 Å². The lowest BCUT2D eigenvalue weighted by Crippen LogP contribution is -2.29. The Bertz CT molecular complexity index is 609. The highest BCUT2D eigenvalue weighted by Gasteiger charge is 2.28. The van der Waals surface area contributed by atoms with Crippen molar-refractivity contribution in [1.29, 1.82) is 0 Å². The van der Waals surface area contributed by atoms with Crippen LogP contribution in [0, 0.1) is 12.8 Å². The minimum Gasteiger partial charge on any atom is -0.493 e. The van der Waals surface area contributed by atoms with E-state index < -0.39 is 0 Å². The van der Waals surface area contributed by atoms with Gasteiger partial charge in [0.1, 0.15) is 5.75 Å². The van der Waals surface area contributed by atoms with Gasteiger partial charge < -0.3 is 10.1 Å². The Morgan fingerprint density at radius 1 is 1.30 bits per heavy atom. The van der Waals surface area contributed by atoms with E-state index in [1.54, 1.807) is 6.20 Å². The summed E-state index contributed by atoms with van der Waals surface area (Å²) in [5, 5.41) is 4.06. The zero-order chi connectivity index (χ0) is 14.1. The van der Waals surface area contributed by atoms with E-state index in [1.807, 2.05) is 31.2 Å². The highest BCUT2D eigenvalue weighted by atomic mass is 35.5. The van der Waals surface area contributed by atoms with Crippen molar-refractivity contribution in [2.45, 2.75) is 19.9 Å². The smallest absolute Gasteiger partial charge is 0.152 e. The minimum atomic E-state index is 0.181. The van der Waals surface area contributed by atoms with Crippen LogP contribution in [-0.4, -0.2) is 11.6 Å². The second-order valence-corrected chi connectivity index (χ2v) is 5.60. The van der Waals surface area contributed by atoms with Crippen molar-refractivity contribution in [2.24, 2.45) is 5.92 Å². The summed E-state index contributed by atoms with van der Waals surface area (Å²) in [5.41, 5.74) is 3.18.